The summed E-state index contributed by atoms with van der Waals surface area (Å²) >= 11 is 6.03. The average molecular weight is 405 g/mol. The molecule has 0 aliphatic carbocycles. The molecule has 0 spiro atoms. The average Bonchev–Trinajstić information content (AvgIpc) is 3.24. The number of ether oxygens (including phenoxy) is 1. The number of carbonyl (C=O) groups is 2. The van der Waals surface area contributed by atoms with Gasteiger partial charge in [0.15, 0.2) is 5.69 Å². The van der Waals surface area contributed by atoms with Gasteiger partial charge in [0.1, 0.15) is 17.8 Å². The Bertz CT molecular complexity index is 1010. The van der Waals surface area contributed by atoms with Crippen molar-refractivity contribution in [3.63, 3.8) is 0 Å². The van der Waals surface area contributed by atoms with E-state index >= 15 is 0 Å². The molecule has 2 aromatic heterocycles. The number of rotatable bonds is 6. The maximum atomic E-state index is 12.3. The fourth-order valence-electron chi connectivity index (χ4n) is 2.45. The highest BCUT2D eigenvalue weighted by Gasteiger charge is 2.17. The van der Waals surface area contributed by atoms with Crippen molar-refractivity contribution in [2.45, 2.75) is 20.3 Å². The molecule has 0 saturated heterocycles. The van der Waals surface area contributed by atoms with Gasteiger partial charge in [0.2, 0.25) is 5.91 Å². The Balaban J connectivity index is 1.62. The van der Waals surface area contributed by atoms with Crippen LogP contribution in [0.3, 0.4) is 0 Å². The van der Waals surface area contributed by atoms with Gasteiger partial charge in [-0.3, -0.25) is 14.9 Å². The van der Waals surface area contributed by atoms with E-state index in [0.717, 1.165) is 6.26 Å². The van der Waals surface area contributed by atoms with Crippen molar-refractivity contribution in [3.8, 4) is 5.75 Å². The minimum absolute atomic E-state index is 0.000389. The molecule has 0 radical (unpaired) electrons. The SMILES string of the molecule is COc1ccc(NC(=O)c2coc(NC(=O)Cc3c(C)noc3C)n2)cc1Cl. The van der Waals surface area contributed by atoms with Crippen LogP contribution in [0.5, 0.6) is 5.75 Å². The van der Waals surface area contributed by atoms with E-state index in [1.807, 2.05) is 0 Å². The topological polar surface area (TPSA) is 119 Å². The van der Waals surface area contributed by atoms with Crippen molar-refractivity contribution in [3.05, 3.63) is 52.2 Å². The highest BCUT2D eigenvalue weighted by atomic mass is 35.5. The summed E-state index contributed by atoms with van der Waals surface area (Å²) in [5.74, 6) is 0.170. The third-order valence-electron chi connectivity index (χ3n) is 3.91. The third kappa shape index (κ3) is 4.32. The molecular formula is C18H17ClN4O5. The Hall–Kier alpha value is -3.33. The number of aromatic nitrogens is 2. The maximum absolute atomic E-state index is 12.3. The van der Waals surface area contributed by atoms with Gasteiger partial charge in [0, 0.05) is 11.3 Å². The Kier molecular flexibility index (Phi) is 5.65. The first-order chi connectivity index (χ1) is 13.4. The molecule has 3 rings (SSSR count). The Morgan fingerprint density at radius 1 is 1.25 bits per heavy atom. The van der Waals surface area contributed by atoms with Crippen LogP contribution in [0.25, 0.3) is 0 Å². The highest BCUT2D eigenvalue weighted by Crippen LogP contribution is 2.27. The largest absolute Gasteiger partial charge is 0.495 e. The summed E-state index contributed by atoms with van der Waals surface area (Å²) in [6.45, 7) is 3.47. The lowest BCUT2D eigenvalue weighted by Gasteiger charge is -2.06. The first kappa shape index (κ1) is 19.4. The number of aryl methyl sites for hydroxylation is 2. The van der Waals surface area contributed by atoms with Gasteiger partial charge < -0.3 is 19.0 Å². The number of methoxy groups -OCH3 is 1. The quantitative estimate of drug-likeness (QED) is 0.646. The second-order valence-corrected chi connectivity index (χ2v) is 6.28. The summed E-state index contributed by atoms with van der Waals surface area (Å²) in [6, 6.07) is 4.72. The number of hydrogen-bond donors (Lipinski definition) is 2. The zero-order valence-corrected chi connectivity index (χ0v) is 16.1. The fourth-order valence-corrected chi connectivity index (χ4v) is 2.71. The van der Waals surface area contributed by atoms with Crippen LogP contribution >= 0.6 is 11.6 Å². The molecular weight excluding hydrogens is 388 g/mol. The van der Waals surface area contributed by atoms with Gasteiger partial charge >= 0.3 is 6.01 Å². The van der Waals surface area contributed by atoms with Crippen LogP contribution in [0.15, 0.2) is 33.4 Å². The lowest BCUT2D eigenvalue weighted by molar-refractivity contribution is -0.115. The van der Waals surface area contributed by atoms with Crippen LogP contribution in [0, 0.1) is 13.8 Å². The van der Waals surface area contributed by atoms with Crippen molar-refractivity contribution in [1.29, 1.82) is 0 Å². The molecule has 0 saturated carbocycles. The molecule has 28 heavy (non-hydrogen) atoms. The van der Waals surface area contributed by atoms with Crippen molar-refractivity contribution in [2.75, 3.05) is 17.7 Å². The molecule has 10 heteroatoms. The van der Waals surface area contributed by atoms with Gasteiger partial charge in [-0.2, -0.15) is 4.98 Å². The summed E-state index contributed by atoms with van der Waals surface area (Å²) in [5, 5.41) is 9.28. The van der Waals surface area contributed by atoms with E-state index in [2.05, 4.69) is 20.8 Å². The van der Waals surface area contributed by atoms with E-state index in [-0.39, 0.29) is 24.0 Å². The molecule has 0 bridgehead atoms. The van der Waals surface area contributed by atoms with Gasteiger partial charge in [-0.15, -0.1) is 0 Å². The van der Waals surface area contributed by atoms with Crippen molar-refractivity contribution >= 4 is 35.1 Å². The second-order valence-electron chi connectivity index (χ2n) is 5.87. The summed E-state index contributed by atoms with van der Waals surface area (Å²) in [4.78, 5) is 28.4. The molecule has 0 aliphatic rings. The highest BCUT2D eigenvalue weighted by molar-refractivity contribution is 6.32. The van der Waals surface area contributed by atoms with E-state index in [1.54, 1.807) is 32.0 Å². The summed E-state index contributed by atoms with van der Waals surface area (Å²) in [6.07, 6.45) is 1.20. The molecule has 146 valence electrons. The van der Waals surface area contributed by atoms with Crippen LogP contribution in [-0.4, -0.2) is 29.1 Å². The number of hydrogen-bond acceptors (Lipinski definition) is 7. The molecule has 2 heterocycles. The first-order valence-corrected chi connectivity index (χ1v) is 8.57. The van der Waals surface area contributed by atoms with Crippen LogP contribution < -0.4 is 15.4 Å². The van der Waals surface area contributed by atoms with Crippen LogP contribution in [0.4, 0.5) is 11.7 Å². The van der Waals surface area contributed by atoms with Crippen LogP contribution in [0.1, 0.15) is 27.5 Å². The van der Waals surface area contributed by atoms with Gasteiger partial charge in [0.25, 0.3) is 5.91 Å². The van der Waals surface area contributed by atoms with Crippen molar-refractivity contribution < 1.29 is 23.3 Å². The molecule has 1 aromatic carbocycles. The first-order valence-electron chi connectivity index (χ1n) is 8.19. The molecule has 9 nitrogen and oxygen atoms in total. The van der Waals surface area contributed by atoms with E-state index in [9.17, 15) is 9.59 Å². The molecule has 2 amide bonds. The van der Waals surface area contributed by atoms with Crippen LogP contribution in [0.2, 0.25) is 5.02 Å². The Morgan fingerprint density at radius 3 is 2.68 bits per heavy atom. The Labute approximate surface area is 165 Å². The predicted molar refractivity (Wildman–Crippen MR) is 101 cm³/mol. The summed E-state index contributed by atoms with van der Waals surface area (Å²) < 4.78 is 15.2. The van der Waals surface area contributed by atoms with Crippen LogP contribution in [-0.2, 0) is 11.2 Å². The number of nitrogens with zero attached hydrogens (tertiary/aromatic N) is 2. The molecule has 3 aromatic rings. The molecule has 0 unspecified atom stereocenters. The summed E-state index contributed by atoms with van der Waals surface area (Å²) in [7, 11) is 1.50. The minimum Gasteiger partial charge on any atom is -0.495 e. The Morgan fingerprint density at radius 2 is 2.04 bits per heavy atom. The normalized spacial score (nSPS) is 10.6. The summed E-state index contributed by atoms with van der Waals surface area (Å²) in [5.41, 5.74) is 1.79. The smallest absolute Gasteiger partial charge is 0.302 e. The fraction of sp³-hybridized carbons (Fsp3) is 0.222. The second kappa shape index (κ2) is 8.13. The molecule has 0 atom stereocenters. The van der Waals surface area contributed by atoms with Gasteiger partial charge in [0.05, 0.1) is 24.2 Å². The number of carbonyl (C=O) groups excluding carboxylic acids is 2. The van der Waals surface area contributed by atoms with Crippen molar-refractivity contribution in [2.24, 2.45) is 0 Å². The van der Waals surface area contributed by atoms with E-state index in [4.69, 9.17) is 25.3 Å². The number of benzene rings is 1. The lowest BCUT2D eigenvalue weighted by atomic mass is 10.1. The van der Waals surface area contributed by atoms with E-state index < -0.39 is 5.91 Å². The van der Waals surface area contributed by atoms with E-state index in [0.29, 0.717) is 33.5 Å². The number of oxazole rings is 1. The number of nitrogens with one attached hydrogen (secondary N) is 2. The standard InChI is InChI=1S/C18H17ClN4O5/c1-9-12(10(2)28-23-9)7-16(24)22-18-21-14(8-27-18)17(25)20-11-4-5-15(26-3)13(19)6-11/h4-6,8H,7H2,1-3H3,(H,20,25)(H,21,22,24). The molecule has 0 aliphatic heterocycles. The van der Waals surface area contributed by atoms with Crippen molar-refractivity contribution in [1.82, 2.24) is 10.1 Å². The number of halogens is 1. The number of anilines is 2. The predicted octanol–water partition coefficient (Wildman–Crippen LogP) is 3.37. The zero-order valence-electron chi connectivity index (χ0n) is 15.3. The molecule has 2 N–H and O–H groups in total. The van der Waals surface area contributed by atoms with Gasteiger partial charge in [-0.1, -0.05) is 16.8 Å². The monoisotopic (exact) mass is 404 g/mol. The van der Waals surface area contributed by atoms with E-state index in [1.165, 1.54) is 7.11 Å². The molecule has 0 fully saturated rings. The number of amides is 2. The van der Waals surface area contributed by atoms with Gasteiger partial charge in [-0.05, 0) is 32.0 Å². The maximum Gasteiger partial charge on any atom is 0.302 e. The lowest BCUT2D eigenvalue weighted by Crippen LogP contribution is -2.16. The zero-order chi connectivity index (χ0) is 20.3. The third-order valence-corrected chi connectivity index (χ3v) is 4.21. The minimum atomic E-state index is -0.517. The van der Waals surface area contributed by atoms with Gasteiger partial charge in [-0.25, -0.2) is 0 Å².